The number of carbonyl (C=O) groups excluding carboxylic acids is 1. The topological polar surface area (TPSA) is 141 Å². The number of carbonyl (C=O) groups is 1. The van der Waals surface area contributed by atoms with Crippen LogP contribution in [0.4, 0.5) is 0 Å². The van der Waals surface area contributed by atoms with Gasteiger partial charge in [0.2, 0.25) is 11.7 Å². The number of hydrogen-bond donors (Lipinski definition) is 3. The molecule has 1 atom stereocenters. The van der Waals surface area contributed by atoms with Gasteiger partial charge < -0.3 is 11.5 Å². The molecule has 0 bridgehead atoms. The number of guanidine groups is 1. The first-order valence-electron chi connectivity index (χ1n) is 7.88. The lowest BCUT2D eigenvalue weighted by atomic mass is 10.1. The van der Waals surface area contributed by atoms with E-state index in [0.29, 0.717) is 17.8 Å². The van der Waals surface area contributed by atoms with Crippen LogP contribution in [0.25, 0.3) is 0 Å². The maximum Gasteiger partial charge on any atom is 0.264 e. The Labute approximate surface area is 156 Å². The largest absolute Gasteiger partial charge is 0.369 e. The van der Waals surface area contributed by atoms with E-state index in [1.54, 1.807) is 23.7 Å². The summed E-state index contributed by atoms with van der Waals surface area (Å²) in [6.07, 6.45) is 2.45. The summed E-state index contributed by atoms with van der Waals surface area (Å²) in [5, 5.41) is 2.09. The van der Waals surface area contributed by atoms with Crippen molar-refractivity contribution in [2.75, 3.05) is 6.54 Å². The van der Waals surface area contributed by atoms with Crippen molar-refractivity contribution in [2.45, 2.75) is 30.7 Å². The molecule has 26 heavy (non-hydrogen) atoms. The highest BCUT2D eigenvalue weighted by molar-refractivity contribution is 7.90. The first-order chi connectivity index (χ1) is 12.3. The van der Waals surface area contributed by atoms with Crippen molar-refractivity contribution in [3.63, 3.8) is 0 Å². The van der Waals surface area contributed by atoms with Gasteiger partial charge in [-0.3, -0.25) is 9.79 Å². The van der Waals surface area contributed by atoms with Crippen molar-refractivity contribution >= 4 is 33.1 Å². The number of benzene rings is 1. The summed E-state index contributed by atoms with van der Waals surface area (Å²) in [6.45, 7) is 2.12. The number of Topliss-reactive ketones (excluding diaryl/α,β-unsaturated/α-hetero) is 1. The molecule has 0 saturated carbocycles. The first kappa shape index (κ1) is 20.0. The second-order valence-electron chi connectivity index (χ2n) is 5.64. The summed E-state index contributed by atoms with van der Waals surface area (Å²) in [7, 11) is -3.76. The van der Waals surface area contributed by atoms with Crippen LogP contribution in [0.2, 0.25) is 0 Å². The van der Waals surface area contributed by atoms with Gasteiger partial charge in [0, 0.05) is 18.1 Å². The van der Waals surface area contributed by atoms with Crippen molar-refractivity contribution in [1.29, 1.82) is 0 Å². The summed E-state index contributed by atoms with van der Waals surface area (Å²) in [4.78, 5) is 20.0. The monoisotopic (exact) mass is 395 g/mol. The van der Waals surface area contributed by atoms with Gasteiger partial charge in [0.25, 0.3) is 10.0 Å². The number of rotatable bonds is 8. The Bertz CT molecular complexity index is 862. The standard InChI is InChI=1S/C16H21N5O3S2/c1-11-4-6-12(7-5-11)26(23,24)21-16(18)20-8-2-3-13(17)14(22)15-19-9-10-25-15/h4-7,9-10,13H,2-3,8,17H2,1H3,(H3,18,20,21)/t13-/m0/s1. The molecule has 0 aliphatic rings. The predicted molar refractivity (Wildman–Crippen MR) is 102 cm³/mol. The van der Waals surface area contributed by atoms with Gasteiger partial charge in [-0.05, 0) is 31.9 Å². The molecule has 0 aliphatic heterocycles. The Balaban J connectivity index is 1.82. The second kappa shape index (κ2) is 8.88. The maximum atomic E-state index is 12.2. The zero-order valence-corrected chi connectivity index (χ0v) is 15.9. The average molecular weight is 396 g/mol. The fourth-order valence-corrected chi connectivity index (χ4v) is 3.68. The molecule has 5 N–H and O–H groups in total. The first-order valence-corrected chi connectivity index (χ1v) is 10.2. The molecule has 0 saturated heterocycles. The second-order valence-corrected chi connectivity index (χ2v) is 8.21. The van der Waals surface area contributed by atoms with Gasteiger partial charge in [-0.25, -0.2) is 18.1 Å². The van der Waals surface area contributed by atoms with Gasteiger partial charge in [-0.2, -0.15) is 0 Å². The van der Waals surface area contributed by atoms with Gasteiger partial charge >= 0.3 is 0 Å². The molecule has 0 unspecified atom stereocenters. The van der Waals surface area contributed by atoms with Gasteiger partial charge in [-0.1, -0.05) is 17.7 Å². The molecular formula is C16H21N5O3S2. The minimum absolute atomic E-state index is 0.109. The van der Waals surface area contributed by atoms with Crippen LogP contribution in [0.15, 0.2) is 45.7 Å². The van der Waals surface area contributed by atoms with Crippen LogP contribution in [0.1, 0.15) is 28.2 Å². The number of nitrogens with two attached hydrogens (primary N) is 2. The number of aromatic nitrogens is 1. The molecule has 0 fully saturated rings. The number of aliphatic imine (C=N–C) groups is 1. The fraction of sp³-hybridized carbons (Fsp3) is 0.312. The zero-order valence-electron chi connectivity index (χ0n) is 14.3. The van der Waals surface area contributed by atoms with Crippen molar-refractivity contribution in [3.8, 4) is 0 Å². The van der Waals surface area contributed by atoms with E-state index in [1.165, 1.54) is 23.5 Å². The third kappa shape index (κ3) is 5.61. The van der Waals surface area contributed by atoms with Crippen molar-refractivity contribution in [1.82, 2.24) is 9.71 Å². The number of hydrogen-bond acceptors (Lipinski definition) is 7. The molecule has 0 amide bonds. The Morgan fingerprint density at radius 3 is 2.65 bits per heavy atom. The number of ketones is 1. The van der Waals surface area contributed by atoms with Crippen molar-refractivity contribution < 1.29 is 13.2 Å². The Morgan fingerprint density at radius 1 is 1.35 bits per heavy atom. The molecule has 8 nitrogen and oxygen atoms in total. The van der Waals surface area contributed by atoms with Crippen LogP contribution in [-0.4, -0.2) is 37.7 Å². The van der Waals surface area contributed by atoms with E-state index < -0.39 is 16.1 Å². The summed E-state index contributed by atoms with van der Waals surface area (Å²) in [6, 6.07) is 5.72. The number of nitrogens with zero attached hydrogens (tertiary/aromatic N) is 2. The Kier molecular flexibility index (Phi) is 6.83. The molecule has 0 spiro atoms. The molecule has 140 valence electrons. The normalized spacial score (nSPS) is 13.4. The van der Waals surface area contributed by atoms with Crippen LogP contribution in [0.3, 0.4) is 0 Å². The van der Waals surface area contributed by atoms with Crippen molar-refractivity contribution in [2.24, 2.45) is 16.5 Å². The number of aryl methyl sites for hydroxylation is 1. The van der Waals surface area contributed by atoms with E-state index in [0.717, 1.165) is 5.56 Å². The highest BCUT2D eigenvalue weighted by atomic mass is 32.2. The highest BCUT2D eigenvalue weighted by Crippen LogP contribution is 2.10. The van der Waals surface area contributed by atoms with E-state index >= 15 is 0 Å². The number of thiazole rings is 1. The minimum atomic E-state index is -3.76. The van der Waals surface area contributed by atoms with E-state index in [9.17, 15) is 13.2 Å². The highest BCUT2D eigenvalue weighted by Gasteiger charge is 2.18. The van der Waals surface area contributed by atoms with Crippen LogP contribution >= 0.6 is 11.3 Å². The number of sulfonamides is 1. The SMILES string of the molecule is Cc1ccc(S(=O)(=O)NC(N)=NCCC[C@H](N)C(=O)c2nccs2)cc1. The molecule has 1 aromatic heterocycles. The third-order valence-corrected chi connectivity index (χ3v) is 5.66. The smallest absolute Gasteiger partial charge is 0.264 e. The predicted octanol–water partition coefficient (Wildman–Crippen LogP) is 1.03. The van der Waals surface area contributed by atoms with E-state index in [4.69, 9.17) is 11.5 Å². The van der Waals surface area contributed by atoms with Crippen LogP contribution in [0, 0.1) is 6.92 Å². The summed E-state index contributed by atoms with van der Waals surface area (Å²) in [5.74, 6) is -0.414. The van der Waals surface area contributed by atoms with E-state index in [1.807, 2.05) is 6.92 Å². The molecule has 10 heteroatoms. The average Bonchev–Trinajstić information content (AvgIpc) is 3.12. The quantitative estimate of drug-likeness (QED) is 0.264. The lowest BCUT2D eigenvalue weighted by molar-refractivity contribution is 0.0956. The minimum Gasteiger partial charge on any atom is -0.369 e. The molecule has 1 aromatic carbocycles. The van der Waals surface area contributed by atoms with Crippen LogP contribution < -0.4 is 16.2 Å². The van der Waals surface area contributed by atoms with Gasteiger partial charge in [-0.15, -0.1) is 11.3 Å². The Morgan fingerprint density at radius 2 is 2.04 bits per heavy atom. The van der Waals surface area contributed by atoms with Crippen LogP contribution in [-0.2, 0) is 10.0 Å². The van der Waals surface area contributed by atoms with Gasteiger partial charge in [0.15, 0.2) is 5.01 Å². The lowest BCUT2D eigenvalue weighted by Gasteiger charge is -2.09. The number of nitrogens with one attached hydrogen (secondary N) is 1. The van der Waals surface area contributed by atoms with E-state index in [2.05, 4.69) is 14.7 Å². The van der Waals surface area contributed by atoms with Gasteiger partial charge in [0.1, 0.15) is 0 Å². The lowest BCUT2D eigenvalue weighted by Crippen LogP contribution is -2.37. The molecule has 0 radical (unpaired) electrons. The molecule has 1 heterocycles. The van der Waals surface area contributed by atoms with Crippen molar-refractivity contribution in [3.05, 3.63) is 46.4 Å². The molecular weight excluding hydrogens is 374 g/mol. The maximum absolute atomic E-state index is 12.2. The van der Waals surface area contributed by atoms with Crippen LogP contribution in [0.5, 0.6) is 0 Å². The Hall–Kier alpha value is -2.30. The zero-order chi connectivity index (χ0) is 19.2. The third-order valence-electron chi connectivity index (χ3n) is 3.51. The molecule has 2 rings (SSSR count). The fourth-order valence-electron chi connectivity index (χ4n) is 2.09. The molecule has 2 aromatic rings. The van der Waals surface area contributed by atoms with E-state index in [-0.39, 0.29) is 23.2 Å². The molecule has 0 aliphatic carbocycles. The summed E-state index contributed by atoms with van der Waals surface area (Å²) in [5.41, 5.74) is 12.4. The van der Waals surface area contributed by atoms with Gasteiger partial charge in [0.05, 0.1) is 10.9 Å². The summed E-state index contributed by atoms with van der Waals surface area (Å²) < 4.78 is 26.6. The summed E-state index contributed by atoms with van der Waals surface area (Å²) >= 11 is 1.24.